The van der Waals surface area contributed by atoms with E-state index in [2.05, 4.69) is 14.7 Å². The number of nitrogens with zero attached hydrogens (tertiary/aromatic N) is 3. The molecule has 2 aromatic rings. The zero-order valence-electron chi connectivity index (χ0n) is 13.0. The number of hydrogen-bond donors (Lipinski definition) is 1. The van der Waals surface area contributed by atoms with Crippen LogP contribution in [0.15, 0.2) is 24.5 Å². The molecule has 2 heterocycles. The third-order valence-electron chi connectivity index (χ3n) is 3.43. The summed E-state index contributed by atoms with van der Waals surface area (Å²) in [6.45, 7) is -2.83. The van der Waals surface area contributed by atoms with Crippen molar-refractivity contribution in [1.29, 1.82) is 0 Å². The normalized spacial score (nSPS) is 12.3. The number of rotatable bonds is 6. The Morgan fingerprint density at radius 1 is 1.32 bits per heavy atom. The summed E-state index contributed by atoms with van der Waals surface area (Å²) in [7, 11) is 1.65. The van der Waals surface area contributed by atoms with E-state index in [1.165, 1.54) is 12.3 Å². The maximum atomic E-state index is 12.6. The van der Waals surface area contributed by atoms with Gasteiger partial charge in [0.1, 0.15) is 11.6 Å². The van der Waals surface area contributed by atoms with Gasteiger partial charge in [0.05, 0.1) is 12.4 Å². The molecular formula is C15H13F2N3O5. The molecule has 1 aromatic carbocycles. The molecular weight excluding hydrogens is 340 g/mol. The van der Waals surface area contributed by atoms with E-state index in [4.69, 9.17) is 14.6 Å². The van der Waals surface area contributed by atoms with Gasteiger partial charge >= 0.3 is 12.6 Å². The van der Waals surface area contributed by atoms with E-state index in [0.29, 0.717) is 22.9 Å². The van der Waals surface area contributed by atoms with E-state index in [1.807, 2.05) is 0 Å². The number of halogens is 2. The van der Waals surface area contributed by atoms with Crippen molar-refractivity contribution in [2.45, 2.75) is 13.2 Å². The topological polar surface area (TPSA) is 94.0 Å². The first-order valence-corrected chi connectivity index (χ1v) is 7.08. The quantitative estimate of drug-likeness (QED) is 0.844. The molecule has 0 unspecified atom stereocenters. The fourth-order valence-corrected chi connectivity index (χ4v) is 2.26. The third kappa shape index (κ3) is 3.67. The molecule has 10 heteroatoms. The van der Waals surface area contributed by atoms with Crippen molar-refractivity contribution in [2.24, 2.45) is 0 Å². The molecule has 1 aromatic heterocycles. The summed E-state index contributed by atoms with van der Waals surface area (Å²) in [5, 5.41) is 8.83. The minimum absolute atomic E-state index is 0.00483. The maximum absolute atomic E-state index is 12.6. The number of alkyl halides is 2. The van der Waals surface area contributed by atoms with Crippen LogP contribution < -0.4 is 19.1 Å². The Labute approximate surface area is 140 Å². The van der Waals surface area contributed by atoms with Gasteiger partial charge in [-0.2, -0.15) is 8.78 Å². The van der Waals surface area contributed by atoms with Gasteiger partial charge in [0.15, 0.2) is 17.2 Å². The highest BCUT2D eigenvalue weighted by Crippen LogP contribution is 2.39. The predicted octanol–water partition coefficient (Wildman–Crippen LogP) is 2.14. The van der Waals surface area contributed by atoms with Crippen molar-refractivity contribution in [3.63, 3.8) is 0 Å². The molecule has 3 rings (SSSR count). The molecule has 0 atom stereocenters. The predicted molar refractivity (Wildman–Crippen MR) is 80.3 cm³/mol. The molecule has 8 nitrogen and oxygen atoms in total. The molecule has 0 radical (unpaired) electrons. The van der Waals surface area contributed by atoms with Gasteiger partial charge < -0.3 is 24.2 Å². The van der Waals surface area contributed by atoms with Gasteiger partial charge in [0.2, 0.25) is 6.79 Å². The Bertz CT molecular complexity index is 785. The molecule has 0 bridgehead atoms. The van der Waals surface area contributed by atoms with Crippen molar-refractivity contribution in [2.75, 3.05) is 18.7 Å². The molecule has 0 amide bonds. The van der Waals surface area contributed by atoms with Crippen LogP contribution in [0.3, 0.4) is 0 Å². The number of ether oxygens (including phenoxy) is 3. The third-order valence-corrected chi connectivity index (χ3v) is 3.43. The van der Waals surface area contributed by atoms with Crippen molar-refractivity contribution in [3.05, 3.63) is 35.8 Å². The number of anilines is 1. The van der Waals surface area contributed by atoms with Crippen molar-refractivity contribution < 1.29 is 32.9 Å². The van der Waals surface area contributed by atoms with Gasteiger partial charge in [-0.05, 0) is 6.07 Å². The molecule has 0 saturated carbocycles. The van der Waals surface area contributed by atoms with E-state index >= 15 is 0 Å². The lowest BCUT2D eigenvalue weighted by molar-refractivity contribution is -0.0505. The van der Waals surface area contributed by atoms with Crippen LogP contribution in [0.25, 0.3) is 0 Å². The summed E-state index contributed by atoms with van der Waals surface area (Å²) in [5.74, 6) is -0.109. The lowest BCUT2D eigenvalue weighted by Gasteiger charge is -2.20. The van der Waals surface area contributed by atoms with Crippen LogP contribution in [-0.2, 0) is 6.54 Å². The van der Waals surface area contributed by atoms with E-state index in [0.717, 1.165) is 6.20 Å². The molecule has 0 fully saturated rings. The van der Waals surface area contributed by atoms with Gasteiger partial charge in [-0.3, -0.25) is 0 Å². The first-order chi connectivity index (χ1) is 11.9. The average molecular weight is 353 g/mol. The van der Waals surface area contributed by atoms with Crippen molar-refractivity contribution in [3.8, 4) is 17.2 Å². The number of aromatic carboxylic acids is 1. The molecule has 1 N–H and O–H groups in total. The number of fused-ring (bicyclic) bond motifs is 1. The summed E-state index contributed by atoms with van der Waals surface area (Å²) in [4.78, 5) is 20.2. The number of carbonyl (C=O) groups is 1. The van der Waals surface area contributed by atoms with Crippen molar-refractivity contribution >= 4 is 11.8 Å². The second-order valence-electron chi connectivity index (χ2n) is 5.11. The summed E-state index contributed by atoms with van der Waals surface area (Å²) in [6.07, 6.45) is 2.40. The summed E-state index contributed by atoms with van der Waals surface area (Å²) in [5.41, 5.74) is 0.234. The lowest BCUT2D eigenvalue weighted by Crippen LogP contribution is -2.19. The second kappa shape index (κ2) is 6.75. The molecule has 0 aliphatic carbocycles. The number of aromatic nitrogens is 2. The molecule has 1 aliphatic rings. The first kappa shape index (κ1) is 16.7. The van der Waals surface area contributed by atoms with Crippen LogP contribution in [0.2, 0.25) is 0 Å². The monoisotopic (exact) mass is 353 g/mol. The zero-order chi connectivity index (χ0) is 18.0. The van der Waals surface area contributed by atoms with Gasteiger partial charge in [-0.25, -0.2) is 14.8 Å². The first-order valence-electron chi connectivity index (χ1n) is 7.08. The standard InChI is InChI=1S/C15H13F2N3O5/c1-20(13-5-18-9(4-19-13)14(21)22)6-8-2-11-12(24-7-23-11)3-10(8)25-15(16)17/h2-5,15H,6-7H2,1H3,(H,21,22). The number of carboxylic acids is 1. The fraction of sp³-hybridized carbons (Fsp3) is 0.267. The Hall–Kier alpha value is -3.17. The molecule has 1 aliphatic heterocycles. The second-order valence-corrected chi connectivity index (χ2v) is 5.11. The fourth-order valence-electron chi connectivity index (χ4n) is 2.26. The van der Waals surface area contributed by atoms with Crippen LogP contribution in [0.4, 0.5) is 14.6 Å². The highest BCUT2D eigenvalue weighted by Gasteiger charge is 2.21. The number of benzene rings is 1. The van der Waals surface area contributed by atoms with Gasteiger partial charge in [0.25, 0.3) is 0 Å². The summed E-state index contributed by atoms with van der Waals surface area (Å²) < 4.78 is 40.3. The Balaban J connectivity index is 1.84. The van der Waals surface area contributed by atoms with E-state index in [-0.39, 0.29) is 24.8 Å². The van der Waals surface area contributed by atoms with Crippen LogP contribution in [0.1, 0.15) is 16.1 Å². The van der Waals surface area contributed by atoms with E-state index < -0.39 is 12.6 Å². The van der Waals surface area contributed by atoms with Gasteiger partial charge in [0, 0.05) is 25.2 Å². The minimum Gasteiger partial charge on any atom is -0.476 e. The Morgan fingerprint density at radius 3 is 2.64 bits per heavy atom. The smallest absolute Gasteiger partial charge is 0.387 e. The Morgan fingerprint density at radius 2 is 2.04 bits per heavy atom. The summed E-state index contributed by atoms with van der Waals surface area (Å²) in [6, 6.07) is 2.90. The molecule has 0 spiro atoms. The molecule has 132 valence electrons. The zero-order valence-corrected chi connectivity index (χ0v) is 13.0. The molecule has 25 heavy (non-hydrogen) atoms. The van der Waals surface area contributed by atoms with Crippen LogP contribution in [0.5, 0.6) is 17.2 Å². The SMILES string of the molecule is CN(Cc1cc2c(cc1OC(F)F)OCO2)c1cnc(C(=O)O)cn1. The summed E-state index contributed by atoms with van der Waals surface area (Å²) >= 11 is 0. The highest BCUT2D eigenvalue weighted by atomic mass is 19.3. The van der Waals surface area contributed by atoms with Crippen LogP contribution >= 0.6 is 0 Å². The molecule has 0 saturated heterocycles. The minimum atomic E-state index is -2.99. The van der Waals surface area contributed by atoms with E-state index in [1.54, 1.807) is 18.0 Å². The van der Waals surface area contributed by atoms with Crippen LogP contribution in [0, 0.1) is 0 Å². The number of carboxylic acid groups (broad SMARTS) is 1. The average Bonchev–Trinajstić information content (AvgIpc) is 3.01. The maximum Gasteiger partial charge on any atom is 0.387 e. The largest absolute Gasteiger partial charge is 0.476 e. The van der Waals surface area contributed by atoms with E-state index in [9.17, 15) is 13.6 Å². The van der Waals surface area contributed by atoms with Gasteiger partial charge in [-0.15, -0.1) is 0 Å². The Kier molecular flexibility index (Phi) is 4.50. The van der Waals surface area contributed by atoms with Crippen LogP contribution in [-0.4, -0.2) is 41.5 Å². The number of hydrogen-bond acceptors (Lipinski definition) is 7. The van der Waals surface area contributed by atoms with Crippen molar-refractivity contribution in [1.82, 2.24) is 9.97 Å². The highest BCUT2D eigenvalue weighted by molar-refractivity contribution is 5.84. The lowest BCUT2D eigenvalue weighted by atomic mass is 10.1. The van der Waals surface area contributed by atoms with Gasteiger partial charge in [-0.1, -0.05) is 0 Å².